The molecular formula is C12H18O8. The highest BCUT2D eigenvalue weighted by molar-refractivity contribution is 5.86. The molecule has 8 heteroatoms. The van der Waals surface area contributed by atoms with Crippen LogP contribution in [-0.2, 0) is 28.8 Å². The maximum Gasteiger partial charge on any atom is 0.558 e. The molecule has 0 aromatic heterocycles. The van der Waals surface area contributed by atoms with Crippen LogP contribution in [0.15, 0.2) is 0 Å². The van der Waals surface area contributed by atoms with Gasteiger partial charge in [0.05, 0.1) is 10.8 Å². The van der Waals surface area contributed by atoms with E-state index in [1.165, 1.54) is 41.5 Å². The van der Waals surface area contributed by atoms with Gasteiger partial charge < -0.3 is 9.47 Å². The molecule has 0 amide bonds. The second-order valence-electron chi connectivity index (χ2n) is 5.95. The van der Waals surface area contributed by atoms with Crippen LogP contribution < -0.4 is 0 Å². The van der Waals surface area contributed by atoms with E-state index in [4.69, 9.17) is 0 Å². The summed E-state index contributed by atoms with van der Waals surface area (Å²) in [5, 5.41) is 0. The molecule has 0 aliphatic carbocycles. The Labute approximate surface area is 116 Å². The standard InChI is InChI=1S/C12H18O8/c1-11(2,3)7(13)17-9(15)19-20-10(16)18-8(14)12(4,5)6/h1-6H3. The first kappa shape index (κ1) is 17.9. The van der Waals surface area contributed by atoms with Crippen LogP contribution in [0, 0.1) is 10.8 Å². The molecule has 0 fully saturated rings. The fourth-order valence-electron chi connectivity index (χ4n) is 0.560. The Hall–Kier alpha value is -2.12. The minimum absolute atomic E-state index is 0.870. The SMILES string of the molecule is CC(C)(C)C(=O)OC(=O)OOC(=O)OC(=O)C(C)(C)C. The minimum atomic E-state index is -1.54. The van der Waals surface area contributed by atoms with Crippen molar-refractivity contribution in [2.45, 2.75) is 41.5 Å². The Balaban J connectivity index is 4.18. The van der Waals surface area contributed by atoms with E-state index in [-0.39, 0.29) is 0 Å². The van der Waals surface area contributed by atoms with E-state index in [1.54, 1.807) is 0 Å². The number of ether oxygens (including phenoxy) is 2. The van der Waals surface area contributed by atoms with E-state index < -0.39 is 35.1 Å². The molecule has 0 N–H and O–H groups in total. The van der Waals surface area contributed by atoms with E-state index in [2.05, 4.69) is 19.2 Å². The molecule has 0 aromatic rings. The van der Waals surface area contributed by atoms with Gasteiger partial charge in [0.15, 0.2) is 0 Å². The third-order valence-electron chi connectivity index (χ3n) is 1.75. The van der Waals surface area contributed by atoms with Gasteiger partial charge in [-0.25, -0.2) is 0 Å². The first-order valence-electron chi connectivity index (χ1n) is 5.71. The Kier molecular flexibility index (Phi) is 5.68. The van der Waals surface area contributed by atoms with Gasteiger partial charge in [0.1, 0.15) is 0 Å². The second-order valence-corrected chi connectivity index (χ2v) is 5.95. The first-order valence-corrected chi connectivity index (χ1v) is 5.71. The fourth-order valence-corrected chi connectivity index (χ4v) is 0.560. The highest BCUT2D eigenvalue weighted by Gasteiger charge is 2.29. The summed E-state index contributed by atoms with van der Waals surface area (Å²) in [6, 6.07) is 0. The average Bonchev–Trinajstić information content (AvgIpc) is 2.23. The zero-order chi connectivity index (χ0) is 16.1. The van der Waals surface area contributed by atoms with Crippen LogP contribution in [0.25, 0.3) is 0 Å². The smallest absolute Gasteiger partial charge is 0.358 e. The Morgan fingerprint density at radius 2 is 0.850 bits per heavy atom. The first-order chi connectivity index (χ1) is 8.84. The molecule has 0 bridgehead atoms. The van der Waals surface area contributed by atoms with Gasteiger partial charge in [0, 0.05) is 0 Å². The van der Waals surface area contributed by atoms with Gasteiger partial charge in [0.25, 0.3) is 0 Å². The molecule has 0 saturated heterocycles. The molecule has 0 aliphatic heterocycles. The van der Waals surface area contributed by atoms with Gasteiger partial charge >= 0.3 is 24.2 Å². The van der Waals surface area contributed by atoms with Crippen LogP contribution in [0.1, 0.15) is 41.5 Å². The zero-order valence-corrected chi connectivity index (χ0v) is 12.3. The Morgan fingerprint density at radius 3 is 1.05 bits per heavy atom. The monoisotopic (exact) mass is 290 g/mol. The van der Waals surface area contributed by atoms with Crippen LogP contribution in [-0.4, -0.2) is 24.2 Å². The lowest BCUT2D eigenvalue weighted by atomic mass is 9.97. The number of esters is 2. The lowest BCUT2D eigenvalue weighted by Gasteiger charge is -2.15. The lowest BCUT2D eigenvalue weighted by molar-refractivity contribution is -0.221. The maximum atomic E-state index is 11.3. The maximum absolute atomic E-state index is 11.3. The number of rotatable bonds is 0. The van der Waals surface area contributed by atoms with Gasteiger partial charge in [-0.05, 0) is 41.5 Å². The second kappa shape index (κ2) is 6.36. The highest BCUT2D eigenvalue weighted by Crippen LogP contribution is 2.16. The van der Waals surface area contributed by atoms with Crippen molar-refractivity contribution < 1.29 is 38.4 Å². The molecule has 0 spiro atoms. The molecule has 0 unspecified atom stereocenters. The van der Waals surface area contributed by atoms with Crippen molar-refractivity contribution in [3.63, 3.8) is 0 Å². The van der Waals surface area contributed by atoms with Crippen molar-refractivity contribution >= 4 is 24.2 Å². The molecular weight excluding hydrogens is 272 g/mol. The van der Waals surface area contributed by atoms with Crippen molar-refractivity contribution in [2.24, 2.45) is 10.8 Å². The van der Waals surface area contributed by atoms with E-state index >= 15 is 0 Å². The minimum Gasteiger partial charge on any atom is -0.358 e. The number of carbonyl (C=O) groups is 4. The quantitative estimate of drug-likeness (QED) is 0.290. The van der Waals surface area contributed by atoms with Gasteiger partial charge in [-0.1, -0.05) is 0 Å². The summed E-state index contributed by atoms with van der Waals surface area (Å²) in [5.74, 6) is -1.74. The van der Waals surface area contributed by atoms with Crippen molar-refractivity contribution in [2.75, 3.05) is 0 Å². The molecule has 0 atom stereocenters. The molecule has 8 nitrogen and oxygen atoms in total. The van der Waals surface area contributed by atoms with Crippen LogP contribution in [0.2, 0.25) is 0 Å². The van der Waals surface area contributed by atoms with Crippen LogP contribution in [0.4, 0.5) is 9.59 Å². The van der Waals surface area contributed by atoms with E-state index in [1.807, 2.05) is 0 Å². The summed E-state index contributed by atoms with van der Waals surface area (Å²) in [4.78, 5) is 52.3. The molecule has 0 saturated carbocycles. The molecule has 0 aliphatic rings. The predicted molar refractivity (Wildman–Crippen MR) is 64.1 cm³/mol. The molecule has 0 rings (SSSR count). The predicted octanol–water partition coefficient (Wildman–Crippen LogP) is 2.35. The summed E-state index contributed by atoms with van der Waals surface area (Å²) in [5.41, 5.74) is -1.86. The third-order valence-corrected chi connectivity index (χ3v) is 1.75. The van der Waals surface area contributed by atoms with Gasteiger partial charge in [-0.3, -0.25) is 9.59 Å². The van der Waals surface area contributed by atoms with E-state index in [0.29, 0.717) is 0 Å². The molecule has 0 heterocycles. The summed E-state index contributed by atoms with van der Waals surface area (Å²) in [6.45, 7) is 9.08. The van der Waals surface area contributed by atoms with Crippen molar-refractivity contribution in [3.8, 4) is 0 Å². The summed E-state index contributed by atoms with van der Waals surface area (Å²) < 4.78 is 8.44. The van der Waals surface area contributed by atoms with Crippen molar-refractivity contribution in [1.82, 2.24) is 0 Å². The van der Waals surface area contributed by atoms with Crippen LogP contribution in [0.5, 0.6) is 0 Å². The highest BCUT2D eigenvalue weighted by atomic mass is 17.3. The molecule has 20 heavy (non-hydrogen) atoms. The summed E-state index contributed by atoms with van der Waals surface area (Å²) in [6.07, 6.45) is -3.07. The largest absolute Gasteiger partial charge is 0.558 e. The van der Waals surface area contributed by atoms with E-state index in [9.17, 15) is 19.2 Å². The number of hydrogen-bond acceptors (Lipinski definition) is 8. The van der Waals surface area contributed by atoms with Crippen molar-refractivity contribution in [1.29, 1.82) is 0 Å². The number of hydrogen-bond donors (Lipinski definition) is 0. The molecule has 114 valence electrons. The molecule has 0 radical (unpaired) electrons. The van der Waals surface area contributed by atoms with Crippen molar-refractivity contribution in [3.05, 3.63) is 0 Å². The van der Waals surface area contributed by atoms with Crippen LogP contribution in [0.3, 0.4) is 0 Å². The fraction of sp³-hybridized carbons (Fsp3) is 0.667. The lowest BCUT2D eigenvalue weighted by Crippen LogP contribution is -2.28. The zero-order valence-electron chi connectivity index (χ0n) is 12.3. The average molecular weight is 290 g/mol. The summed E-state index contributed by atoms with van der Waals surface area (Å²) in [7, 11) is 0. The molecule has 0 aromatic carbocycles. The topological polar surface area (TPSA) is 105 Å². The summed E-state index contributed by atoms with van der Waals surface area (Å²) >= 11 is 0. The number of carbonyl (C=O) groups excluding carboxylic acids is 4. The van der Waals surface area contributed by atoms with Gasteiger partial charge in [-0.2, -0.15) is 19.4 Å². The Bertz CT molecular complexity index is 370. The third kappa shape index (κ3) is 6.72. The van der Waals surface area contributed by atoms with Gasteiger partial charge in [0.2, 0.25) is 0 Å². The van der Waals surface area contributed by atoms with E-state index in [0.717, 1.165) is 0 Å². The normalized spacial score (nSPS) is 11.3. The Morgan fingerprint density at radius 1 is 0.600 bits per heavy atom. The van der Waals surface area contributed by atoms with Crippen LogP contribution >= 0.6 is 0 Å². The van der Waals surface area contributed by atoms with Gasteiger partial charge in [-0.15, -0.1) is 0 Å².